The molecule has 0 saturated carbocycles. The van der Waals surface area contributed by atoms with E-state index in [0.717, 1.165) is 47.7 Å². The summed E-state index contributed by atoms with van der Waals surface area (Å²) in [6, 6.07) is 18.8. The Hall–Kier alpha value is -2.10. The first-order valence-electron chi connectivity index (χ1n) is 11.3. The Bertz CT molecular complexity index is 882. The number of pyridine rings is 1. The first kappa shape index (κ1) is 22.6. The summed E-state index contributed by atoms with van der Waals surface area (Å²) in [5, 5.41) is 5.44. The smallest absolute Gasteiger partial charge is 0.0737 e. The molecule has 160 valence electrons. The largest absolute Gasteiger partial charge is 0.384 e. The summed E-state index contributed by atoms with van der Waals surface area (Å²) in [5.74, 6) is 0. The predicted octanol–water partition coefficient (Wildman–Crippen LogP) is 7.16. The summed E-state index contributed by atoms with van der Waals surface area (Å²) in [6.07, 6.45) is 9.46. The highest BCUT2D eigenvalue weighted by molar-refractivity contribution is 6.31. The molecule has 0 unspecified atom stereocenters. The van der Waals surface area contributed by atoms with Gasteiger partial charge in [0.25, 0.3) is 0 Å². The number of hydrogen-bond acceptors (Lipinski definition) is 3. The van der Waals surface area contributed by atoms with Crippen LogP contribution in [-0.4, -0.2) is 29.5 Å². The van der Waals surface area contributed by atoms with Crippen LogP contribution in [0, 0.1) is 0 Å². The first-order chi connectivity index (χ1) is 14.8. The fourth-order valence-electron chi connectivity index (χ4n) is 3.83. The molecule has 1 heterocycles. The average molecular weight is 424 g/mol. The van der Waals surface area contributed by atoms with Crippen molar-refractivity contribution in [1.29, 1.82) is 0 Å². The van der Waals surface area contributed by atoms with E-state index >= 15 is 0 Å². The molecule has 30 heavy (non-hydrogen) atoms. The van der Waals surface area contributed by atoms with Crippen LogP contribution in [0.15, 0.2) is 60.8 Å². The van der Waals surface area contributed by atoms with Crippen molar-refractivity contribution in [3.63, 3.8) is 0 Å². The van der Waals surface area contributed by atoms with Gasteiger partial charge in [-0.25, -0.2) is 0 Å². The number of benzene rings is 2. The minimum Gasteiger partial charge on any atom is -0.384 e. The lowest BCUT2D eigenvalue weighted by atomic mass is 10.1. The van der Waals surface area contributed by atoms with Crippen LogP contribution in [-0.2, 0) is 6.54 Å². The summed E-state index contributed by atoms with van der Waals surface area (Å²) in [6.45, 7) is 6.63. The van der Waals surface area contributed by atoms with E-state index in [1.807, 2.05) is 30.5 Å². The molecule has 0 saturated heterocycles. The van der Waals surface area contributed by atoms with Crippen molar-refractivity contribution in [3.8, 4) is 0 Å². The van der Waals surface area contributed by atoms with Gasteiger partial charge in [-0.05, 0) is 62.2 Å². The van der Waals surface area contributed by atoms with Crippen LogP contribution in [0.2, 0.25) is 5.02 Å². The van der Waals surface area contributed by atoms with E-state index in [4.69, 9.17) is 11.6 Å². The maximum Gasteiger partial charge on any atom is 0.0737 e. The topological polar surface area (TPSA) is 28.2 Å². The Morgan fingerprint density at radius 1 is 0.900 bits per heavy atom. The normalized spacial score (nSPS) is 11.3. The second kappa shape index (κ2) is 12.6. The Labute approximate surface area is 186 Å². The summed E-state index contributed by atoms with van der Waals surface area (Å²) < 4.78 is 0. The van der Waals surface area contributed by atoms with Gasteiger partial charge in [0.05, 0.1) is 5.52 Å². The predicted molar refractivity (Wildman–Crippen MR) is 130 cm³/mol. The van der Waals surface area contributed by atoms with Gasteiger partial charge >= 0.3 is 0 Å². The molecule has 0 atom stereocenters. The molecular weight excluding hydrogens is 390 g/mol. The van der Waals surface area contributed by atoms with Gasteiger partial charge in [-0.3, -0.25) is 9.88 Å². The summed E-state index contributed by atoms with van der Waals surface area (Å²) in [5.41, 5.74) is 3.49. The minimum absolute atomic E-state index is 0.726. The fraction of sp³-hybridized carbons (Fsp3) is 0.423. The van der Waals surface area contributed by atoms with E-state index < -0.39 is 0 Å². The van der Waals surface area contributed by atoms with Crippen LogP contribution < -0.4 is 5.32 Å². The minimum atomic E-state index is 0.726. The molecule has 3 nitrogen and oxygen atoms in total. The average Bonchev–Trinajstić information content (AvgIpc) is 2.76. The number of nitrogens with one attached hydrogen (secondary N) is 1. The zero-order valence-corrected chi connectivity index (χ0v) is 18.9. The Morgan fingerprint density at radius 3 is 2.50 bits per heavy atom. The highest BCUT2D eigenvalue weighted by Crippen LogP contribution is 2.24. The van der Waals surface area contributed by atoms with E-state index in [-0.39, 0.29) is 0 Å². The van der Waals surface area contributed by atoms with Gasteiger partial charge < -0.3 is 5.32 Å². The molecule has 0 spiro atoms. The number of hydrogen-bond donors (Lipinski definition) is 1. The molecule has 1 aromatic heterocycles. The van der Waals surface area contributed by atoms with Crippen molar-refractivity contribution in [2.75, 3.05) is 25.0 Å². The third-order valence-corrected chi connectivity index (χ3v) is 5.73. The zero-order valence-electron chi connectivity index (χ0n) is 18.1. The van der Waals surface area contributed by atoms with Crippen LogP contribution in [0.4, 0.5) is 5.69 Å². The van der Waals surface area contributed by atoms with E-state index in [9.17, 15) is 0 Å². The third-order valence-electron chi connectivity index (χ3n) is 5.50. The third kappa shape index (κ3) is 7.30. The van der Waals surface area contributed by atoms with Gasteiger partial charge in [-0.1, -0.05) is 68.1 Å². The number of fused-ring (bicyclic) bond motifs is 1. The van der Waals surface area contributed by atoms with Crippen molar-refractivity contribution in [2.45, 2.75) is 52.0 Å². The van der Waals surface area contributed by atoms with Crippen LogP contribution in [0.1, 0.15) is 51.0 Å². The van der Waals surface area contributed by atoms with Crippen LogP contribution in [0.3, 0.4) is 0 Å². The lowest BCUT2D eigenvalue weighted by molar-refractivity contribution is 0.254. The molecule has 3 rings (SSSR count). The molecule has 0 radical (unpaired) electrons. The molecule has 0 aliphatic carbocycles. The van der Waals surface area contributed by atoms with Gasteiger partial charge in [0.15, 0.2) is 0 Å². The molecule has 2 aromatic carbocycles. The van der Waals surface area contributed by atoms with Crippen LogP contribution in [0.5, 0.6) is 0 Å². The SMILES string of the molecule is CCCCCCN(CCCCNc1ccnc2cc(Cl)ccc12)Cc1ccccc1. The van der Waals surface area contributed by atoms with Crippen molar-refractivity contribution in [1.82, 2.24) is 9.88 Å². The molecule has 3 aromatic rings. The fourth-order valence-corrected chi connectivity index (χ4v) is 4.00. The second-order valence-electron chi connectivity index (χ2n) is 7.98. The van der Waals surface area contributed by atoms with Gasteiger partial charge in [-0.2, -0.15) is 0 Å². The summed E-state index contributed by atoms with van der Waals surface area (Å²) in [7, 11) is 0. The number of aromatic nitrogens is 1. The lowest BCUT2D eigenvalue weighted by Gasteiger charge is -2.22. The summed E-state index contributed by atoms with van der Waals surface area (Å²) >= 11 is 6.09. The maximum atomic E-state index is 6.09. The second-order valence-corrected chi connectivity index (χ2v) is 8.41. The Morgan fingerprint density at radius 2 is 1.70 bits per heavy atom. The van der Waals surface area contributed by atoms with Crippen molar-refractivity contribution >= 4 is 28.2 Å². The van der Waals surface area contributed by atoms with Gasteiger partial charge in [0.1, 0.15) is 0 Å². The Kier molecular flexibility index (Phi) is 9.46. The highest BCUT2D eigenvalue weighted by atomic mass is 35.5. The molecule has 0 aliphatic heterocycles. The van der Waals surface area contributed by atoms with E-state index in [1.165, 1.54) is 44.2 Å². The van der Waals surface area contributed by atoms with Crippen molar-refractivity contribution < 1.29 is 0 Å². The molecule has 0 fully saturated rings. The van der Waals surface area contributed by atoms with Gasteiger partial charge in [-0.15, -0.1) is 0 Å². The Balaban J connectivity index is 1.46. The first-order valence-corrected chi connectivity index (χ1v) is 11.7. The molecule has 0 bridgehead atoms. The zero-order chi connectivity index (χ0) is 21.0. The van der Waals surface area contributed by atoms with Crippen molar-refractivity contribution in [3.05, 3.63) is 71.4 Å². The van der Waals surface area contributed by atoms with E-state index in [2.05, 4.69) is 52.5 Å². The van der Waals surface area contributed by atoms with Gasteiger partial charge in [0, 0.05) is 35.4 Å². The number of nitrogens with zero attached hydrogens (tertiary/aromatic N) is 2. The maximum absolute atomic E-state index is 6.09. The van der Waals surface area contributed by atoms with Crippen LogP contribution in [0.25, 0.3) is 10.9 Å². The number of anilines is 1. The number of unbranched alkanes of at least 4 members (excludes halogenated alkanes) is 4. The van der Waals surface area contributed by atoms with E-state index in [1.54, 1.807) is 0 Å². The van der Waals surface area contributed by atoms with Crippen LogP contribution >= 0.6 is 11.6 Å². The quantitative estimate of drug-likeness (QED) is 0.295. The standard InChI is InChI=1S/C26H34ClN3/c1-2-3-4-9-18-30(21-22-11-6-5-7-12-22)19-10-8-16-28-25-15-17-29-26-20-23(27)13-14-24(25)26/h5-7,11-15,17,20H,2-4,8-10,16,18-19,21H2,1H3,(H,28,29). The molecule has 0 amide bonds. The highest BCUT2D eigenvalue weighted by Gasteiger charge is 2.07. The van der Waals surface area contributed by atoms with E-state index in [0.29, 0.717) is 0 Å². The van der Waals surface area contributed by atoms with Crippen molar-refractivity contribution in [2.24, 2.45) is 0 Å². The number of rotatable bonds is 13. The molecule has 4 heteroatoms. The van der Waals surface area contributed by atoms with Gasteiger partial charge in [0.2, 0.25) is 0 Å². The lowest BCUT2D eigenvalue weighted by Crippen LogP contribution is -2.26. The molecule has 1 N–H and O–H groups in total. The monoisotopic (exact) mass is 423 g/mol. The number of halogens is 1. The molecular formula is C26H34ClN3. The summed E-state index contributed by atoms with van der Waals surface area (Å²) in [4.78, 5) is 7.04. The molecule has 0 aliphatic rings.